The first-order valence-electron chi connectivity index (χ1n) is 5.29. The highest BCUT2D eigenvalue weighted by atomic mass is 32.1. The van der Waals surface area contributed by atoms with Crippen LogP contribution in [0.4, 0.5) is 0 Å². The van der Waals surface area contributed by atoms with Crippen molar-refractivity contribution in [3.8, 4) is 0 Å². The molecule has 3 N–H and O–H groups in total. The molecule has 0 aliphatic heterocycles. The minimum absolute atomic E-state index is 0.00609. The molecule has 0 bridgehead atoms. The molecule has 0 aromatic carbocycles. The second-order valence-corrected chi connectivity index (χ2v) is 4.64. The van der Waals surface area contributed by atoms with Crippen LogP contribution in [0.5, 0.6) is 0 Å². The van der Waals surface area contributed by atoms with Crippen molar-refractivity contribution in [2.45, 2.75) is 31.5 Å². The van der Waals surface area contributed by atoms with Crippen LogP contribution in [0.3, 0.4) is 0 Å². The number of nitrogens with zero attached hydrogens (tertiary/aromatic N) is 1. The fraction of sp³-hybridized carbons (Fsp3) is 0.600. The molecule has 0 radical (unpaired) electrons. The maximum Gasteiger partial charge on any atom is 0.263 e. The van der Waals surface area contributed by atoms with Gasteiger partial charge >= 0.3 is 0 Å². The summed E-state index contributed by atoms with van der Waals surface area (Å²) in [6.07, 6.45) is 2.42. The van der Waals surface area contributed by atoms with E-state index in [4.69, 9.17) is 10.5 Å². The smallest absolute Gasteiger partial charge is 0.263 e. The number of nitrogens with one attached hydrogen (secondary N) is 1. The number of carbonyl (C=O) groups is 1. The lowest BCUT2D eigenvalue weighted by atomic mass is 9.83. The first-order valence-corrected chi connectivity index (χ1v) is 6.17. The number of nitrogens with two attached hydrogens (primary N) is 1. The zero-order valence-corrected chi connectivity index (χ0v) is 9.87. The number of carbonyl (C=O) groups excluding carboxylic acids is 1. The third kappa shape index (κ3) is 2.23. The molecule has 1 saturated carbocycles. The Labute approximate surface area is 98.0 Å². The van der Waals surface area contributed by atoms with Gasteiger partial charge in [0.05, 0.1) is 23.9 Å². The van der Waals surface area contributed by atoms with E-state index in [9.17, 15) is 4.79 Å². The van der Waals surface area contributed by atoms with Crippen LogP contribution in [0.2, 0.25) is 0 Å². The Kier molecular flexibility index (Phi) is 3.52. The number of amides is 1. The van der Waals surface area contributed by atoms with E-state index in [1.807, 2.05) is 6.92 Å². The van der Waals surface area contributed by atoms with Crippen LogP contribution in [0.25, 0.3) is 0 Å². The SMILES string of the molecule is CCOC1CC(N)C1NC(=O)c1cncs1. The number of hydrogen-bond donors (Lipinski definition) is 2. The maximum absolute atomic E-state index is 11.8. The predicted molar refractivity (Wildman–Crippen MR) is 61.4 cm³/mol. The molecule has 1 aliphatic carbocycles. The summed E-state index contributed by atoms with van der Waals surface area (Å²) in [6, 6.07) is -0.0806. The topological polar surface area (TPSA) is 77.2 Å². The van der Waals surface area contributed by atoms with Gasteiger partial charge in [0.25, 0.3) is 5.91 Å². The predicted octanol–water partition coefficient (Wildman–Crippen LogP) is 0.378. The monoisotopic (exact) mass is 241 g/mol. The first kappa shape index (κ1) is 11.5. The molecule has 1 aromatic rings. The van der Waals surface area contributed by atoms with Crippen molar-refractivity contribution in [3.05, 3.63) is 16.6 Å². The van der Waals surface area contributed by atoms with E-state index >= 15 is 0 Å². The van der Waals surface area contributed by atoms with E-state index in [1.54, 1.807) is 11.7 Å². The Bertz CT molecular complexity index is 353. The summed E-state index contributed by atoms with van der Waals surface area (Å²) in [6.45, 7) is 2.58. The Morgan fingerprint density at radius 1 is 1.81 bits per heavy atom. The summed E-state index contributed by atoms with van der Waals surface area (Å²) in [7, 11) is 0. The van der Waals surface area contributed by atoms with Gasteiger partial charge in [0.2, 0.25) is 0 Å². The van der Waals surface area contributed by atoms with Crippen LogP contribution < -0.4 is 11.1 Å². The van der Waals surface area contributed by atoms with E-state index in [2.05, 4.69) is 10.3 Å². The summed E-state index contributed by atoms with van der Waals surface area (Å²) in [5.41, 5.74) is 7.47. The molecule has 3 unspecified atom stereocenters. The molecule has 1 aliphatic rings. The maximum atomic E-state index is 11.8. The normalized spacial score (nSPS) is 28.5. The van der Waals surface area contributed by atoms with Gasteiger partial charge in [-0.15, -0.1) is 11.3 Å². The molecule has 1 amide bonds. The second kappa shape index (κ2) is 4.90. The van der Waals surface area contributed by atoms with Crippen LogP contribution in [0.15, 0.2) is 11.7 Å². The van der Waals surface area contributed by atoms with Crippen LogP contribution >= 0.6 is 11.3 Å². The molecule has 0 spiro atoms. The molecule has 3 atom stereocenters. The van der Waals surface area contributed by atoms with Crippen molar-refractivity contribution in [2.24, 2.45) is 5.73 Å². The van der Waals surface area contributed by atoms with Gasteiger partial charge in [-0.2, -0.15) is 0 Å². The third-order valence-corrected chi connectivity index (χ3v) is 3.47. The number of ether oxygens (including phenoxy) is 1. The van der Waals surface area contributed by atoms with Gasteiger partial charge < -0.3 is 15.8 Å². The third-order valence-electron chi connectivity index (χ3n) is 2.70. The fourth-order valence-corrected chi connectivity index (χ4v) is 2.30. The zero-order valence-electron chi connectivity index (χ0n) is 9.05. The van der Waals surface area contributed by atoms with Gasteiger partial charge in [0, 0.05) is 12.6 Å². The summed E-state index contributed by atoms with van der Waals surface area (Å²) < 4.78 is 5.47. The molecule has 88 valence electrons. The summed E-state index contributed by atoms with van der Waals surface area (Å²) in [5, 5.41) is 2.88. The summed E-state index contributed by atoms with van der Waals surface area (Å²) in [4.78, 5) is 16.2. The van der Waals surface area contributed by atoms with Crippen LogP contribution in [0, 0.1) is 0 Å². The lowest BCUT2D eigenvalue weighted by molar-refractivity contribution is -0.0299. The first-order chi connectivity index (χ1) is 7.72. The standard InChI is InChI=1S/C10H15N3O2S/c1-2-15-7-3-6(11)9(7)13-10(14)8-4-12-5-16-8/h4-7,9H,2-3,11H2,1H3,(H,13,14). The Morgan fingerprint density at radius 3 is 3.19 bits per heavy atom. The number of hydrogen-bond acceptors (Lipinski definition) is 5. The summed E-state index contributed by atoms with van der Waals surface area (Å²) in [5.74, 6) is -0.118. The van der Waals surface area contributed by atoms with Crippen molar-refractivity contribution < 1.29 is 9.53 Å². The number of aromatic nitrogens is 1. The van der Waals surface area contributed by atoms with E-state index in [0.29, 0.717) is 11.5 Å². The van der Waals surface area contributed by atoms with Gasteiger partial charge in [0.15, 0.2) is 0 Å². The van der Waals surface area contributed by atoms with Gasteiger partial charge in [-0.05, 0) is 13.3 Å². The average molecular weight is 241 g/mol. The van der Waals surface area contributed by atoms with Gasteiger partial charge in [-0.1, -0.05) is 0 Å². The lowest BCUT2D eigenvalue weighted by Crippen LogP contribution is -2.64. The molecule has 0 saturated heterocycles. The second-order valence-electron chi connectivity index (χ2n) is 3.76. The zero-order chi connectivity index (χ0) is 11.5. The quantitative estimate of drug-likeness (QED) is 0.799. The van der Waals surface area contributed by atoms with Crippen LogP contribution in [-0.2, 0) is 4.74 Å². The van der Waals surface area contributed by atoms with E-state index in [0.717, 1.165) is 6.42 Å². The number of rotatable bonds is 4. The van der Waals surface area contributed by atoms with Gasteiger partial charge in [0.1, 0.15) is 4.88 Å². The molecule has 6 heteroatoms. The van der Waals surface area contributed by atoms with Crippen LogP contribution in [0.1, 0.15) is 23.0 Å². The highest BCUT2D eigenvalue weighted by Gasteiger charge is 2.40. The molecule has 1 heterocycles. The largest absolute Gasteiger partial charge is 0.376 e. The van der Waals surface area contributed by atoms with Gasteiger partial charge in [-0.3, -0.25) is 9.78 Å². The van der Waals surface area contributed by atoms with Gasteiger partial charge in [-0.25, -0.2) is 0 Å². The summed E-state index contributed by atoms with van der Waals surface area (Å²) >= 11 is 1.32. The van der Waals surface area contributed by atoms with Crippen molar-refractivity contribution in [1.82, 2.24) is 10.3 Å². The molecular formula is C10H15N3O2S. The average Bonchev–Trinajstić information content (AvgIpc) is 2.79. The van der Waals surface area contributed by atoms with Crippen molar-refractivity contribution in [3.63, 3.8) is 0 Å². The highest BCUT2D eigenvalue weighted by molar-refractivity contribution is 7.11. The fourth-order valence-electron chi connectivity index (χ4n) is 1.78. The van der Waals surface area contributed by atoms with E-state index < -0.39 is 0 Å². The molecule has 1 aromatic heterocycles. The van der Waals surface area contributed by atoms with Crippen molar-refractivity contribution in [1.29, 1.82) is 0 Å². The van der Waals surface area contributed by atoms with E-state index in [1.165, 1.54) is 11.3 Å². The van der Waals surface area contributed by atoms with Crippen molar-refractivity contribution in [2.75, 3.05) is 6.61 Å². The molecular weight excluding hydrogens is 226 g/mol. The Morgan fingerprint density at radius 2 is 2.62 bits per heavy atom. The molecule has 1 fully saturated rings. The Balaban J connectivity index is 1.91. The molecule has 2 rings (SSSR count). The Hall–Kier alpha value is -0.980. The molecule has 16 heavy (non-hydrogen) atoms. The van der Waals surface area contributed by atoms with E-state index in [-0.39, 0.29) is 24.1 Å². The number of thiazole rings is 1. The van der Waals surface area contributed by atoms with Crippen molar-refractivity contribution >= 4 is 17.2 Å². The molecule has 5 nitrogen and oxygen atoms in total. The van der Waals surface area contributed by atoms with Crippen LogP contribution in [-0.4, -0.2) is 35.7 Å². The highest BCUT2D eigenvalue weighted by Crippen LogP contribution is 2.23. The minimum atomic E-state index is -0.118. The minimum Gasteiger partial charge on any atom is -0.376 e. The lowest BCUT2D eigenvalue weighted by Gasteiger charge is -2.42.